The van der Waals surface area contributed by atoms with Gasteiger partial charge in [0, 0.05) is 17.8 Å². The minimum Gasteiger partial charge on any atom is -0.368 e. The van der Waals surface area contributed by atoms with Gasteiger partial charge in [0.2, 0.25) is 5.95 Å². The van der Waals surface area contributed by atoms with Crippen molar-refractivity contribution in [3.8, 4) is 0 Å². The Morgan fingerprint density at radius 2 is 2.12 bits per heavy atom. The molecule has 0 bridgehead atoms. The Morgan fingerprint density at radius 1 is 1.44 bits per heavy atom. The van der Waals surface area contributed by atoms with Crippen molar-refractivity contribution in [2.24, 2.45) is 5.92 Å². The van der Waals surface area contributed by atoms with E-state index in [0.717, 1.165) is 23.7 Å². The van der Waals surface area contributed by atoms with Crippen molar-refractivity contribution in [3.05, 3.63) is 11.8 Å². The molecule has 0 fully saturated rings. The highest BCUT2D eigenvalue weighted by Gasteiger charge is 2.09. The molecule has 0 aliphatic rings. The zero-order valence-corrected chi connectivity index (χ0v) is 10.6. The maximum atomic E-state index is 5.57. The highest BCUT2D eigenvalue weighted by molar-refractivity contribution is 5.45. The van der Waals surface area contributed by atoms with Gasteiger partial charge >= 0.3 is 0 Å². The molecule has 4 heteroatoms. The molecule has 2 atom stereocenters. The van der Waals surface area contributed by atoms with E-state index >= 15 is 0 Å². The van der Waals surface area contributed by atoms with Crippen LogP contribution in [0.15, 0.2) is 6.20 Å². The summed E-state index contributed by atoms with van der Waals surface area (Å²) in [6.07, 6.45) is 4.09. The Balaban J connectivity index is 2.61. The molecule has 4 nitrogen and oxygen atoms in total. The Kier molecular flexibility index (Phi) is 4.52. The second-order valence-electron chi connectivity index (χ2n) is 4.55. The van der Waals surface area contributed by atoms with Crippen LogP contribution in [0.2, 0.25) is 0 Å². The molecule has 0 aliphatic carbocycles. The maximum Gasteiger partial charge on any atom is 0.221 e. The first-order valence-corrected chi connectivity index (χ1v) is 5.88. The van der Waals surface area contributed by atoms with Crippen LogP contribution in [0.25, 0.3) is 0 Å². The number of nitrogens with two attached hydrogens (primary N) is 1. The zero-order chi connectivity index (χ0) is 12.1. The van der Waals surface area contributed by atoms with Crippen molar-refractivity contribution in [2.75, 3.05) is 11.1 Å². The summed E-state index contributed by atoms with van der Waals surface area (Å²) in [5.41, 5.74) is 6.60. The predicted molar refractivity (Wildman–Crippen MR) is 68.3 cm³/mol. The molecule has 0 saturated heterocycles. The van der Waals surface area contributed by atoms with Gasteiger partial charge in [-0.15, -0.1) is 0 Å². The molecule has 90 valence electrons. The van der Waals surface area contributed by atoms with Gasteiger partial charge in [-0.1, -0.05) is 20.3 Å². The summed E-state index contributed by atoms with van der Waals surface area (Å²) in [5.74, 6) is 1.90. The zero-order valence-electron chi connectivity index (χ0n) is 10.6. The number of hydrogen-bond donors (Lipinski definition) is 2. The lowest BCUT2D eigenvalue weighted by Crippen LogP contribution is -2.20. The molecule has 16 heavy (non-hydrogen) atoms. The molecule has 3 N–H and O–H groups in total. The lowest BCUT2D eigenvalue weighted by molar-refractivity contribution is 0.483. The Labute approximate surface area is 97.7 Å². The fourth-order valence-corrected chi connectivity index (χ4v) is 1.66. The molecule has 1 heterocycles. The number of hydrogen-bond acceptors (Lipinski definition) is 4. The van der Waals surface area contributed by atoms with E-state index in [0.29, 0.717) is 12.0 Å². The first kappa shape index (κ1) is 12.7. The second-order valence-corrected chi connectivity index (χ2v) is 4.55. The van der Waals surface area contributed by atoms with Crippen molar-refractivity contribution in [2.45, 2.75) is 46.6 Å². The Morgan fingerprint density at radius 3 is 2.75 bits per heavy atom. The number of nitrogens with zero attached hydrogens (tertiary/aromatic N) is 2. The molecule has 1 aromatic rings. The van der Waals surface area contributed by atoms with Gasteiger partial charge in [-0.25, -0.2) is 4.98 Å². The van der Waals surface area contributed by atoms with Crippen LogP contribution in [0.3, 0.4) is 0 Å². The van der Waals surface area contributed by atoms with Gasteiger partial charge in [0.15, 0.2) is 0 Å². The van der Waals surface area contributed by atoms with Gasteiger partial charge < -0.3 is 11.1 Å². The average Bonchev–Trinajstić information content (AvgIpc) is 2.23. The van der Waals surface area contributed by atoms with Crippen LogP contribution in [0.1, 0.15) is 39.2 Å². The normalized spacial score (nSPS) is 14.5. The fourth-order valence-electron chi connectivity index (χ4n) is 1.66. The number of anilines is 2. The number of nitrogen functional groups attached to an aromatic ring is 1. The quantitative estimate of drug-likeness (QED) is 0.803. The summed E-state index contributed by atoms with van der Waals surface area (Å²) in [6.45, 7) is 8.63. The molecule has 0 aliphatic heterocycles. The SMILES string of the molecule is CCC(C)CC(C)Nc1nc(N)ncc1C. The van der Waals surface area contributed by atoms with Crippen molar-refractivity contribution in [1.82, 2.24) is 9.97 Å². The topological polar surface area (TPSA) is 63.8 Å². The molecule has 2 unspecified atom stereocenters. The van der Waals surface area contributed by atoms with Gasteiger partial charge in [-0.2, -0.15) is 4.98 Å². The lowest BCUT2D eigenvalue weighted by Gasteiger charge is -2.19. The number of rotatable bonds is 5. The van der Waals surface area contributed by atoms with Gasteiger partial charge in [0.05, 0.1) is 0 Å². The molecular formula is C12H22N4. The molecular weight excluding hydrogens is 200 g/mol. The molecule has 0 radical (unpaired) electrons. The van der Waals surface area contributed by atoms with Gasteiger partial charge in [0.25, 0.3) is 0 Å². The fraction of sp³-hybridized carbons (Fsp3) is 0.667. The molecule has 0 aromatic carbocycles. The minimum atomic E-state index is 0.323. The van der Waals surface area contributed by atoms with E-state index in [4.69, 9.17) is 5.73 Å². The Bertz CT molecular complexity index is 338. The Hall–Kier alpha value is -1.32. The summed E-state index contributed by atoms with van der Waals surface area (Å²) >= 11 is 0. The third kappa shape index (κ3) is 3.68. The van der Waals surface area contributed by atoms with E-state index in [-0.39, 0.29) is 0 Å². The van der Waals surface area contributed by atoms with Crippen molar-refractivity contribution in [3.63, 3.8) is 0 Å². The van der Waals surface area contributed by atoms with Crippen LogP contribution in [-0.2, 0) is 0 Å². The summed E-state index contributed by atoms with van der Waals surface area (Å²) in [5, 5.41) is 3.39. The predicted octanol–water partition coefficient (Wildman–Crippen LogP) is 2.60. The van der Waals surface area contributed by atoms with Crippen LogP contribution >= 0.6 is 0 Å². The number of aryl methyl sites for hydroxylation is 1. The van der Waals surface area contributed by atoms with E-state index < -0.39 is 0 Å². The molecule has 1 aromatic heterocycles. The van der Waals surface area contributed by atoms with Crippen LogP contribution in [0.5, 0.6) is 0 Å². The molecule has 1 rings (SSSR count). The molecule has 0 saturated carbocycles. The third-order valence-electron chi connectivity index (χ3n) is 2.83. The minimum absolute atomic E-state index is 0.323. The van der Waals surface area contributed by atoms with Crippen LogP contribution in [-0.4, -0.2) is 16.0 Å². The highest BCUT2D eigenvalue weighted by atomic mass is 15.1. The lowest BCUT2D eigenvalue weighted by atomic mass is 10.0. The average molecular weight is 222 g/mol. The van der Waals surface area contributed by atoms with E-state index in [9.17, 15) is 0 Å². The van der Waals surface area contributed by atoms with Crippen molar-refractivity contribution < 1.29 is 0 Å². The second kappa shape index (κ2) is 5.68. The van der Waals surface area contributed by atoms with Crippen molar-refractivity contribution >= 4 is 11.8 Å². The van der Waals surface area contributed by atoms with Crippen LogP contribution in [0, 0.1) is 12.8 Å². The highest BCUT2D eigenvalue weighted by Crippen LogP contribution is 2.16. The number of nitrogens with one attached hydrogen (secondary N) is 1. The first-order valence-electron chi connectivity index (χ1n) is 5.88. The van der Waals surface area contributed by atoms with Gasteiger partial charge in [-0.3, -0.25) is 0 Å². The summed E-state index contributed by atoms with van der Waals surface area (Å²) < 4.78 is 0. The maximum absolute atomic E-state index is 5.57. The third-order valence-corrected chi connectivity index (χ3v) is 2.83. The summed E-state index contributed by atoms with van der Waals surface area (Å²) in [6, 6.07) is 0.406. The summed E-state index contributed by atoms with van der Waals surface area (Å²) in [7, 11) is 0. The molecule has 0 spiro atoms. The smallest absolute Gasteiger partial charge is 0.221 e. The van der Waals surface area contributed by atoms with Crippen LogP contribution < -0.4 is 11.1 Å². The van der Waals surface area contributed by atoms with E-state index in [1.807, 2.05) is 6.92 Å². The van der Waals surface area contributed by atoms with E-state index in [1.165, 1.54) is 6.42 Å². The van der Waals surface area contributed by atoms with Gasteiger partial charge in [-0.05, 0) is 26.2 Å². The van der Waals surface area contributed by atoms with E-state index in [2.05, 4.69) is 36.1 Å². The van der Waals surface area contributed by atoms with E-state index in [1.54, 1.807) is 6.20 Å². The summed E-state index contributed by atoms with van der Waals surface area (Å²) in [4.78, 5) is 8.15. The largest absolute Gasteiger partial charge is 0.368 e. The van der Waals surface area contributed by atoms with Crippen LogP contribution in [0.4, 0.5) is 11.8 Å². The first-order chi connectivity index (χ1) is 7.52. The standard InChI is InChI=1S/C12H22N4/c1-5-8(2)6-10(4)15-11-9(3)7-14-12(13)16-11/h7-8,10H,5-6H2,1-4H3,(H3,13,14,15,16). The monoisotopic (exact) mass is 222 g/mol. The number of aromatic nitrogens is 2. The van der Waals surface area contributed by atoms with Crippen molar-refractivity contribution in [1.29, 1.82) is 0 Å². The van der Waals surface area contributed by atoms with Gasteiger partial charge in [0.1, 0.15) is 5.82 Å². The molecule has 0 amide bonds.